The van der Waals surface area contributed by atoms with Gasteiger partial charge in [-0.2, -0.15) is 0 Å². The second-order valence-corrected chi connectivity index (χ2v) is 3.46. The van der Waals surface area contributed by atoms with Crippen molar-refractivity contribution in [1.29, 1.82) is 0 Å². The van der Waals surface area contributed by atoms with Gasteiger partial charge in [0.15, 0.2) is 0 Å². The monoisotopic (exact) mass is 203 g/mol. The van der Waals surface area contributed by atoms with Crippen LogP contribution >= 0.6 is 11.6 Å². The Balaban J connectivity index is 0.000000218. The van der Waals surface area contributed by atoms with Crippen molar-refractivity contribution in [1.82, 2.24) is 0 Å². The van der Waals surface area contributed by atoms with E-state index in [1.165, 1.54) is 15.9 Å². The molecule has 11 heavy (non-hydrogen) atoms. The first kappa shape index (κ1) is 11.2. The van der Waals surface area contributed by atoms with Crippen molar-refractivity contribution in [3.05, 3.63) is 34.3 Å². The zero-order valence-corrected chi connectivity index (χ0v) is 9.05. The molecule has 0 heterocycles. The van der Waals surface area contributed by atoms with Gasteiger partial charge in [-0.05, 0) is 0 Å². The molecule has 0 aromatic carbocycles. The molecule has 0 radical (unpaired) electrons. The van der Waals surface area contributed by atoms with Gasteiger partial charge in [-0.25, -0.2) is 0 Å². The molecular weight excluding hydrogens is 191 g/mol. The number of rotatable bonds is 1. The molecule has 0 fully saturated rings. The number of hydrogen-bond donors (Lipinski definition) is 0. The molecule has 0 atom stereocenters. The SMILES string of the molecule is C=CCCl.CC1=[C]([Ti])CC=C1. The quantitative estimate of drug-likeness (QED) is 0.349. The first-order valence-electron chi connectivity index (χ1n) is 3.47. The molecule has 0 aromatic rings. The second kappa shape index (κ2) is 6.91. The normalized spacial score (nSPS) is 14.3. The molecule has 0 bridgehead atoms. The standard InChI is InChI=1S/C6H7.C3H5Cl.Ti/c1-6-4-2-3-5-6;1-2-3-4;/h2,4H,3H2,1H3;2H,1,3H2;. The van der Waals surface area contributed by atoms with Gasteiger partial charge in [0.25, 0.3) is 0 Å². The summed E-state index contributed by atoms with van der Waals surface area (Å²) < 4.78 is 1.51. The van der Waals surface area contributed by atoms with E-state index in [-0.39, 0.29) is 0 Å². The molecule has 0 unspecified atom stereocenters. The molecule has 1 aliphatic carbocycles. The predicted molar refractivity (Wildman–Crippen MR) is 47.4 cm³/mol. The fourth-order valence-corrected chi connectivity index (χ4v) is 0.929. The summed E-state index contributed by atoms with van der Waals surface area (Å²) in [5, 5.41) is 0. The zero-order chi connectivity index (χ0) is 8.69. The van der Waals surface area contributed by atoms with E-state index >= 15 is 0 Å². The van der Waals surface area contributed by atoms with E-state index in [2.05, 4.69) is 46.1 Å². The maximum atomic E-state index is 5.07. The summed E-state index contributed by atoms with van der Waals surface area (Å²) in [6.45, 7) is 5.50. The molecule has 0 spiro atoms. The topological polar surface area (TPSA) is 0 Å². The Morgan fingerprint density at radius 3 is 2.45 bits per heavy atom. The fraction of sp³-hybridized carbons (Fsp3) is 0.333. The van der Waals surface area contributed by atoms with Crippen LogP contribution in [-0.2, 0) is 20.4 Å². The van der Waals surface area contributed by atoms with E-state index < -0.39 is 0 Å². The summed E-state index contributed by atoms with van der Waals surface area (Å²) in [6, 6.07) is 0. The van der Waals surface area contributed by atoms with Crippen molar-refractivity contribution in [2.75, 3.05) is 5.88 Å². The Labute approximate surface area is 85.4 Å². The van der Waals surface area contributed by atoms with E-state index in [9.17, 15) is 0 Å². The molecule has 1 rings (SSSR count). The number of hydrogen-bond acceptors (Lipinski definition) is 0. The van der Waals surface area contributed by atoms with E-state index in [0.29, 0.717) is 5.88 Å². The first-order chi connectivity index (χ1) is 5.22. The molecule has 1 aliphatic rings. The van der Waals surface area contributed by atoms with Gasteiger partial charge >= 0.3 is 55.4 Å². The molecule has 0 aromatic heterocycles. The molecule has 0 aliphatic heterocycles. The van der Waals surface area contributed by atoms with Gasteiger partial charge in [-0.1, -0.05) is 6.08 Å². The summed E-state index contributed by atoms with van der Waals surface area (Å²) in [6.07, 6.45) is 7.19. The van der Waals surface area contributed by atoms with E-state index in [1.807, 2.05) is 0 Å². The third kappa shape index (κ3) is 5.49. The van der Waals surface area contributed by atoms with Crippen LogP contribution in [0.5, 0.6) is 0 Å². The Bertz CT molecular complexity index is 180. The minimum atomic E-state index is 0.556. The summed E-state index contributed by atoms with van der Waals surface area (Å²) >= 11 is 7.24. The first-order valence-corrected chi connectivity index (χ1v) is 4.78. The van der Waals surface area contributed by atoms with Gasteiger partial charge in [0, 0.05) is 5.88 Å². The average molecular weight is 204 g/mol. The summed E-state index contributed by atoms with van der Waals surface area (Å²) in [7, 11) is 0. The Morgan fingerprint density at radius 2 is 2.36 bits per heavy atom. The molecule has 0 nitrogen and oxygen atoms in total. The molecule has 0 saturated carbocycles. The third-order valence-electron chi connectivity index (χ3n) is 1.27. The molecule has 0 amide bonds. The van der Waals surface area contributed by atoms with Gasteiger partial charge in [0.2, 0.25) is 0 Å². The van der Waals surface area contributed by atoms with Gasteiger partial charge in [-0.3, -0.25) is 0 Å². The Kier molecular flexibility index (Phi) is 7.05. The third-order valence-corrected chi connectivity index (χ3v) is 2.43. The van der Waals surface area contributed by atoms with Crippen molar-refractivity contribution < 1.29 is 20.4 Å². The summed E-state index contributed by atoms with van der Waals surface area (Å²) in [4.78, 5) is 0. The van der Waals surface area contributed by atoms with E-state index in [0.717, 1.165) is 0 Å². The van der Waals surface area contributed by atoms with Crippen molar-refractivity contribution in [3.8, 4) is 0 Å². The number of alkyl halides is 1. The van der Waals surface area contributed by atoms with Gasteiger partial charge in [-0.15, -0.1) is 18.2 Å². The van der Waals surface area contributed by atoms with Gasteiger partial charge in [0.1, 0.15) is 0 Å². The van der Waals surface area contributed by atoms with E-state index in [1.54, 1.807) is 6.08 Å². The van der Waals surface area contributed by atoms with Crippen LogP contribution in [0.4, 0.5) is 0 Å². The van der Waals surface area contributed by atoms with Crippen LogP contribution in [0, 0.1) is 0 Å². The molecule has 2 heteroatoms. The molecule has 0 saturated heterocycles. The molecule has 0 N–H and O–H groups in total. The van der Waals surface area contributed by atoms with Crippen LogP contribution in [0.25, 0.3) is 0 Å². The van der Waals surface area contributed by atoms with Crippen LogP contribution in [0.15, 0.2) is 34.3 Å². The Morgan fingerprint density at radius 1 is 1.82 bits per heavy atom. The van der Waals surface area contributed by atoms with Crippen LogP contribution in [-0.4, -0.2) is 5.88 Å². The average Bonchev–Trinajstić information content (AvgIpc) is 2.37. The van der Waals surface area contributed by atoms with Crippen LogP contribution in [0.2, 0.25) is 0 Å². The van der Waals surface area contributed by atoms with E-state index in [4.69, 9.17) is 11.6 Å². The van der Waals surface area contributed by atoms with Crippen molar-refractivity contribution >= 4 is 11.6 Å². The molecule has 59 valence electrons. The fourth-order valence-electron chi connectivity index (χ4n) is 0.615. The second-order valence-electron chi connectivity index (χ2n) is 2.21. The van der Waals surface area contributed by atoms with Gasteiger partial charge in [0.05, 0.1) is 0 Å². The molecular formula is C9H12ClTi. The minimum absolute atomic E-state index is 0.556. The van der Waals surface area contributed by atoms with Gasteiger partial charge < -0.3 is 0 Å². The van der Waals surface area contributed by atoms with Crippen LogP contribution < -0.4 is 0 Å². The van der Waals surface area contributed by atoms with Crippen LogP contribution in [0.1, 0.15) is 13.3 Å². The Hall–Kier alpha value is 0.224. The van der Waals surface area contributed by atoms with Crippen molar-refractivity contribution in [2.45, 2.75) is 13.3 Å². The van der Waals surface area contributed by atoms with Crippen molar-refractivity contribution in [2.24, 2.45) is 0 Å². The van der Waals surface area contributed by atoms with Crippen molar-refractivity contribution in [3.63, 3.8) is 0 Å². The summed E-state index contributed by atoms with van der Waals surface area (Å²) in [5.74, 6) is 0.556. The maximum absolute atomic E-state index is 5.07. The summed E-state index contributed by atoms with van der Waals surface area (Å²) in [5.41, 5.74) is 1.44. The number of allylic oxidation sites excluding steroid dienone is 5. The van der Waals surface area contributed by atoms with Crippen LogP contribution in [0.3, 0.4) is 0 Å². The zero-order valence-electron chi connectivity index (χ0n) is 6.73. The predicted octanol–water partition coefficient (Wildman–Crippen LogP) is 3.18. The number of halogens is 1.